The highest BCUT2D eigenvalue weighted by Gasteiger charge is 2.19. The van der Waals surface area contributed by atoms with Crippen molar-refractivity contribution in [3.05, 3.63) is 169 Å². The first-order valence-electron chi connectivity index (χ1n) is 15.9. The molecule has 2 heterocycles. The molecule has 0 fully saturated rings. The second-order valence-corrected chi connectivity index (χ2v) is 11.9. The molecule has 0 amide bonds. The average Bonchev–Trinajstić information content (AvgIpc) is 3.68. The number of nitriles is 2. The van der Waals surface area contributed by atoms with Gasteiger partial charge in [-0.2, -0.15) is 10.5 Å². The summed E-state index contributed by atoms with van der Waals surface area (Å²) in [7, 11) is 0. The largest absolute Gasteiger partial charge is 0.308 e. The van der Waals surface area contributed by atoms with Crippen LogP contribution in [0.15, 0.2) is 158 Å². The first kappa shape index (κ1) is 27.4. The highest BCUT2D eigenvalue weighted by Crippen LogP contribution is 2.39. The van der Waals surface area contributed by atoms with Gasteiger partial charge >= 0.3 is 0 Å². The molecule has 0 radical (unpaired) electrons. The Balaban J connectivity index is 1.20. The molecule has 4 heteroatoms. The van der Waals surface area contributed by atoms with Crippen LogP contribution in [0.2, 0.25) is 0 Å². The van der Waals surface area contributed by atoms with E-state index in [1.807, 2.05) is 60.7 Å². The summed E-state index contributed by atoms with van der Waals surface area (Å²) in [5, 5.41) is 25.2. The third kappa shape index (κ3) is 4.01. The van der Waals surface area contributed by atoms with E-state index in [4.69, 9.17) is 0 Å². The fraction of sp³-hybridized carbons (Fsp3) is 0. The smallest absolute Gasteiger partial charge is 0.102 e. The number of hydrogen-bond donors (Lipinski definition) is 0. The number of hydrogen-bond acceptors (Lipinski definition) is 2. The Morgan fingerprint density at radius 2 is 0.854 bits per heavy atom. The number of nitrogens with zero attached hydrogens (tertiary/aromatic N) is 4. The Hall–Kier alpha value is -6.88. The second kappa shape index (κ2) is 10.9. The molecule has 0 N–H and O–H groups in total. The first-order valence-corrected chi connectivity index (χ1v) is 15.9. The van der Waals surface area contributed by atoms with Gasteiger partial charge in [0.15, 0.2) is 0 Å². The normalized spacial score (nSPS) is 11.3. The Labute approximate surface area is 277 Å². The van der Waals surface area contributed by atoms with Crippen molar-refractivity contribution < 1.29 is 0 Å². The van der Waals surface area contributed by atoms with Gasteiger partial charge in [-0.1, -0.05) is 121 Å². The summed E-state index contributed by atoms with van der Waals surface area (Å²) in [6, 6.07) is 58.8. The molecule has 9 aromatic rings. The van der Waals surface area contributed by atoms with Crippen LogP contribution in [-0.4, -0.2) is 9.13 Å². The minimum absolute atomic E-state index is 0.631. The van der Waals surface area contributed by atoms with E-state index in [1.165, 1.54) is 0 Å². The summed E-state index contributed by atoms with van der Waals surface area (Å²) in [4.78, 5) is 0. The van der Waals surface area contributed by atoms with Gasteiger partial charge in [0.1, 0.15) is 12.1 Å². The summed E-state index contributed by atoms with van der Waals surface area (Å²) in [5.41, 5.74) is 11.2. The Bertz CT molecular complexity index is 2750. The van der Waals surface area contributed by atoms with Crippen LogP contribution in [0.25, 0.3) is 77.2 Å². The van der Waals surface area contributed by atoms with Crippen molar-refractivity contribution in [2.45, 2.75) is 0 Å². The molecule has 0 unspecified atom stereocenters. The lowest BCUT2D eigenvalue weighted by Gasteiger charge is -2.16. The lowest BCUT2D eigenvalue weighted by atomic mass is 9.95. The van der Waals surface area contributed by atoms with Crippen molar-refractivity contribution in [2.24, 2.45) is 0 Å². The fourth-order valence-electron chi connectivity index (χ4n) is 7.37. The monoisotopic (exact) mass is 610 g/mol. The highest BCUT2D eigenvalue weighted by atomic mass is 15.0. The third-order valence-electron chi connectivity index (χ3n) is 9.44. The van der Waals surface area contributed by atoms with E-state index < -0.39 is 0 Å². The molecule has 0 saturated heterocycles. The lowest BCUT2D eigenvalue weighted by Crippen LogP contribution is -2.00. The van der Waals surface area contributed by atoms with Crippen LogP contribution in [0.3, 0.4) is 0 Å². The van der Waals surface area contributed by atoms with Crippen LogP contribution in [0.1, 0.15) is 11.1 Å². The molecule has 0 bridgehead atoms. The third-order valence-corrected chi connectivity index (χ3v) is 9.44. The summed E-state index contributed by atoms with van der Waals surface area (Å²) in [6.07, 6.45) is 0. The van der Waals surface area contributed by atoms with Gasteiger partial charge in [-0.05, 0) is 47.5 Å². The number of fused-ring (bicyclic) bond motifs is 6. The molecule has 0 aliphatic heterocycles. The topological polar surface area (TPSA) is 57.4 Å². The standard InChI is InChI=1S/C44H26N4/c45-27-31-11-9-17-37-36-15-4-8-21-42(36)48(44(31)37)39-18-5-1-12-33(39)30-25-23-29(24-26-30)32-16-10-22-43(38(32)28-46)47-40-19-6-2-13-34(40)35-14-3-7-20-41(35)47/h1-26H. The van der Waals surface area contributed by atoms with Crippen LogP contribution in [-0.2, 0) is 0 Å². The van der Waals surface area contributed by atoms with Crippen molar-refractivity contribution in [3.8, 4) is 45.8 Å². The van der Waals surface area contributed by atoms with Crippen LogP contribution < -0.4 is 0 Å². The number of rotatable bonds is 4. The molecule has 222 valence electrons. The van der Waals surface area contributed by atoms with Crippen LogP contribution >= 0.6 is 0 Å². The SMILES string of the molecule is N#Cc1c(-c2ccc(-c3ccccc3-n3c4ccccc4c4cccc(C#N)c43)cc2)cccc1-n1c2ccccc2c2ccccc21. The minimum atomic E-state index is 0.631. The second-order valence-electron chi connectivity index (χ2n) is 11.9. The van der Waals surface area contributed by atoms with E-state index in [1.54, 1.807) is 0 Å². The zero-order valence-electron chi connectivity index (χ0n) is 25.8. The molecule has 0 spiro atoms. The average molecular weight is 611 g/mol. The van der Waals surface area contributed by atoms with Crippen LogP contribution in [0.5, 0.6) is 0 Å². The predicted octanol–water partition coefficient (Wildman–Crippen LogP) is 11.0. The lowest BCUT2D eigenvalue weighted by molar-refractivity contribution is 1.17. The van der Waals surface area contributed by atoms with Crippen LogP contribution in [0, 0.1) is 22.7 Å². The summed E-state index contributed by atoms with van der Waals surface area (Å²) in [6.45, 7) is 0. The highest BCUT2D eigenvalue weighted by molar-refractivity contribution is 6.12. The van der Waals surface area contributed by atoms with Crippen molar-refractivity contribution in [1.82, 2.24) is 9.13 Å². The van der Waals surface area contributed by atoms with Gasteiger partial charge in [0.05, 0.1) is 44.6 Å². The predicted molar refractivity (Wildman–Crippen MR) is 195 cm³/mol. The molecule has 4 nitrogen and oxygen atoms in total. The van der Waals surface area contributed by atoms with Gasteiger partial charge in [-0.3, -0.25) is 0 Å². The van der Waals surface area contributed by atoms with E-state index in [9.17, 15) is 10.5 Å². The van der Waals surface area contributed by atoms with E-state index in [-0.39, 0.29) is 0 Å². The molecular formula is C44H26N4. The molecule has 0 atom stereocenters. The summed E-state index contributed by atoms with van der Waals surface area (Å²) < 4.78 is 4.42. The van der Waals surface area contributed by atoms with Crippen LogP contribution in [0.4, 0.5) is 0 Å². The zero-order valence-corrected chi connectivity index (χ0v) is 25.8. The number of aromatic nitrogens is 2. The molecular weight excluding hydrogens is 585 g/mol. The molecule has 0 aliphatic carbocycles. The van der Waals surface area contributed by atoms with Gasteiger partial charge < -0.3 is 9.13 Å². The molecule has 9 rings (SSSR count). The van der Waals surface area contributed by atoms with Crippen molar-refractivity contribution in [3.63, 3.8) is 0 Å². The Kier molecular flexibility index (Phi) is 6.22. The van der Waals surface area contributed by atoms with Gasteiger partial charge in [-0.15, -0.1) is 0 Å². The number of benzene rings is 7. The quantitative estimate of drug-likeness (QED) is 0.199. The minimum Gasteiger partial charge on any atom is -0.308 e. The van der Waals surface area contributed by atoms with Gasteiger partial charge in [-0.25, -0.2) is 0 Å². The van der Waals surface area contributed by atoms with E-state index in [0.29, 0.717) is 11.1 Å². The van der Waals surface area contributed by atoms with Gasteiger partial charge in [0, 0.05) is 32.7 Å². The van der Waals surface area contributed by atoms with Gasteiger partial charge in [0.2, 0.25) is 0 Å². The van der Waals surface area contributed by atoms with Crippen molar-refractivity contribution >= 4 is 43.6 Å². The summed E-state index contributed by atoms with van der Waals surface area (Å²) in [5.74, 6) is 0. The molecule has 7 aromatic carbocycles. The molecule has 0 saturated carbocycles. The van der Waals surface area contributed by atoms with E-state index >= 15 is 0 Å². The Morgan fingerprint density at radius 1 is 0.375 bits per heavy atom. The van der Waals surface area contributed by atoms with Crippen molar-refractivity contribution in [2.75, 3.05) is 0 Å². The Morgan fingerprint density at radius 3 is 1.50 bits per heavy atom. The maximum atomic E-state index is 10.6. The first-order chi connectivity index (χ1) is 23.8. The molecule has 0 aliphatic rings. The number of para-hydroxylation sites is 5. The maximum Gasteiger partial charge on any atom is 0.102 e. The zero-order chi connectivity index (χ0) is 32.2. The van der Waals surface area contributed by atoms with Crippen molar-refractivity contribution in [1.29, 1.82) is 10.5 Å². The van der Waals surface area contributed by atoms with Gasteiger partial charge in [0.25, 0.3) is 0 Å². The molecule has 2 aromatic heterocycles. The van der Waals surface area contributed by atoms with E-state index in [0.717, 1.165) is 77.2 Å². The molecule has 48 heavy (non-hydrogen) atoms. The summed E-state index contributed by atoms with van der Waals surface area (Å²) >= 11 is 0. The van der Waals surface area contributed by atoms with E-state index in [2.05, 4.69) is 118 Å². The maximum absolute atomic E-state index is 10.6. The fourth-order valence-corrected chi connectivity index (χ4v) is 7.37.